The Morgan fingerprint density at radius 1 is 0.950 bits per heavy atom. The summed E-state index contributed by atoms with van der Waals surface area (Å²) in [6.45, 7) is 4.70. The number of fused-ring (bicyclic) bond motifs is 2. The second-order valence-electron chi connectivity index (χ2n) is 11.1. The van der Waals surface area contributed by atoms with Crippen molar-refractivity contribution in [2.24, 2.45) is 0 Å². The third kappa shape index (κ3) is 5.37. The zero-order valence-electron chi connectivity index (χ0n) is 22.3. The fourth-order valence-corrected chi connectivity index (χ4v) is 6.01. The minimum absolute atomic E-state index is 0.00567. The van der Waals surface area contributed by atoms with Crippen molar-refractivity contribution in [3.63, 3.8) is 0 Å². The Balaban J connectivity index is 1.24. The molecule has 2 saturated heterocycles. The van der Waals surface area contributed by atoms with E-state index in [0.29, 0.717) is 19.6 Å². The number of aliphatic hydroxyl groups is 1. The van der Waals surface area contributed by atoms with Crippen molar-refractivity contribution in [2.45, 2.75) is 63.5 Å². The molecule has 0 aromatic heterocycles. The molecule has 9 heteroatoms. The van der Waals surface area contributed by atoms with Crippen molar-refractivity contribution in [1.82, 2.24) is 9.80 Å². The summed E-state index contributed by atoms with van der Waals surface area (Å²) in [7, 11) is 0. The van der Waals surface area contributed by atoms with E-state index in [9.17, 15) is 31.9 Å². The van der Waals surface area contributed by atoms with Gasteiger partial charge in [0.15, 0.2) is 5.60 Å². The van der Waals surface area contributed by atoms with Gasteiger partial charge in [0.05, 0.1) is 6.42 Å². The van der Waals surface area contributed by atoms with Crippen LogP contribution in [-0.4, -0.2) is 52.2 Å². The van der Waals surface area contributed by atoms with Gasteiger partial charge in [-0.25, -0.2) is 8.78 Å². The van der Waals surface area contributed by atoms with Crippen molar-refractivity contribution < 1.29 is 31.9 Å². The normalized spacial score (nSPS) is 20.9. The molecule has 2 fully saturated rings. The number of hydrogen-bond acceptors (Lipinski definition) is 3. The van der Waals surface area contributed by atoms with Crippen LogP contribution in [0.25, 0.3) is 11.1 Å². The predicted molar refractivity (Wildman–Crippen MR) is 141 cm³/mol. The Labute approximate surface area is 230 Å². The molecule has 1 amide bonds. The van der Waals surface area contributed by atoms with Gasteiger partial charge >= 0.3 is 6.18 Å². The van der Waals surface area contributed by atoms with E-state index in [0.717, 1.165) is 42.0 Å². The molecular formula is C31H31F5N2O2. The number of carbonyl (C=O) groups excluding carboxylic acids is 1. The van der Waals surface area contributed by atoms with Gasteiger partial charge in [-0.2, -0.15) is 13.2 Å². The third-order valence-electron chi connectivity index (χ3n) is 8.24. The monoisotopic (exact) mass is 558 g/mol. The van der Waals surface area contributed by atoms with E-state index in [1.165, 1.54) is 30.3 Å². The number of hydrogen-bond donors (Lipinski definition) is 1. The maximum atomic E-state index is 14.1. The smallest absolute Gasteiger partial charge is 0.376 e. The highest BCUT2D eigenvalue weighted by molar-refractivity contribution is 5.80. The summed E-state index contributed by atoms with van der Waals surface area (Å²) in [5.74, 6) is -1.66. The van der Waals surface area contributed by atoms with E-state index in [1.54, 1.807) is 12.1 Å². The summed E-state index contributed by atoms with van der Waals surface area (Å²) in [4.78, 5) is 17.1. The van der Waals surface area contributed by atoms with E-state index in [-0.39, 0.29) is 35.5 Å². The predicted octanol–water partition coefficient (Wildman–Crippen LogP) is 6.13. The fourth-order valence-electron chi connectivity index (χ4n) is 6.01. The standard InChI is InChI=1S/C31H31F5N2O2/c1-19-14-20(6-13-25(19)21-7-9-22(10-8-21)30(2,40)31(34,35)36)16-37-17-23-11-12-24(18-37)38(23)29(39)15-26-27(32)4-3-5-28(26)33/h3-10,13-14,23-24,40H,11-12,15-18H2,1-2H3. The summed E-state index contributed by atoms with van der Waals surface area (Å²) in [5.41, 5.74) is 0.350. The molecule has 2 heterocycles. The van der Waals surface area contributed by atoms with Crippen LogP contribution in [0.3, 0.4) is 0 Å². The van der Waals surface area contributed by atoms with Gasteiger partial charge in [-0.3, -0.25) is 9.69 Å². The molecule has 0 radical (unpaired) electrons. The summed E-state index contributed by atoms with van der Waals surface area (Å²) in [6, 6.07) is 15.4. The van der Waals surface area contributed by atoms with Gasteiger partial charge in [0.2, 0.25) is 5.91 Å². The van der Waals surface area contributed by atoms with Crippen LogP contribution in [0, 0.1) is 18.6 Å². The molecule has 2 bridgehead atoms. The highest BCUT2D eigenvalue weighted by Gasteiger charge is 2.51. The van der Waals surface area contributed by atoms with Crippen molar-refractivity contribution in [2.75, 3.05) is 13.1 Å². The fraction of sp³-hybridized carbons (Fsp3) is 0.387. The molecule has 0 aliphatic carbocycles. The SMILES string of the molecule is Cc1cc(CN2CC3CCC(C2)N3C(=O)Cc2c(F)cccc2F)ccc1-c1ccc(C(C)(O)C(F)(F)F)cc1. The first-order chi connectivity index (χ1) is 18.8. The van der Waals surface area contributed by atoms with Crippen molar-refractivity contribution >= 4 is 5.91 Å². The average Bonchev–Trinajstić information content (AvgIpc) is 3.16. The lowest BCUT2D eigenvalue weighted by atomic mass is 9.92. The molecule has 0 spiro atoms. The van der Waals surface area contributed by atoms with E-state index >= 15 is 0 Å². The Kier molecular flexibility index (Phi) is 7.48. The minimum atomic E-state index is -4.78. The lowest BCUT2D eigenvalue weighted by molar-refractivity contribution is -0.258. The molecule has 3 atom stereocenters. The molecule has 40 heavy (non-hydrogen) atoms. The number of nitrogens with zero attached hydrogens (tertiary/aromatic N) is 2. The highest BCUT2D eigenvalue weighted by Crippen LogP contribution is 2.39. The summed E-state index contributed by atoms with van der Waals surface area (Å²) >= 11 is 0. The number of likely N-dealkylation sites (tertiary alicyclic amines) is 1. The van der Waals surface area contributed by atoms with Crippen molar-refractivity contribution in [1.29, 1.82) is 0 Å². The number of benzene rings is 3. The molecule has 3 aromatic rings. The van der Waals surface area contributed by atoms with E-state index < -0.39 is 23.4 Å². The Bertz CT molecular complexity index is 1370. The number of piperazine rings is 1. The maximum Gasteiger partial charge on any atom is 0.421 e. The van der Waals surface area contributed by atoms with Gasteiger partial charge in [-0.05, 0) is 66.6 Å². The summed E-state index contributed by atoms with van der Waals surface area (Å²) < 4.78 is 67.7. The number of halogens is 5. The topological polar surface area (TPSA) is 43.8 Å². The Hall–Kier alpha value is -3.30. The zero-order chi connectivity index (χ0) is 28.8. The number of alkyl halides is 3. The second kappa shape index (κ2) is 10.6. The van der Waals surface area contributed by atoms with Crippen LogP contribution in [0.5, 0.6) is 0 Å². The molecule has 4 nitrogen and oxygen atoms in total. The summed E-state index contributed by atoms with van der Waals surface area (Å²) in [5, 5.41) is 9.93. The Morgan fingerprint density at radius 2 is 1.55 bits per heavy atom. The number of carbonyl (C=O) groups is 1. The van der Waals surface area contributed by atoms with Crippen LogP contribution in [0.4, 0.5) is 22.0 Å². The number of rotatable bonds is 6. The van der Waals surface area contributed by atoms with Gasteiger partial charge in [0, 0.05) is 37.3 Å². The summed E-state index contributed by atoms with van der Waals surface area (Å²) in [6.07, 6.45) is -3.37. The van der Waals surface area contributed by atoms with E-state index in [1.807, 2.05) is 24.0 Å². The van der Waals surface area contributed by atoms with Crippen LogP contribution in [0.1, 0.15) is 42.0 Å². The first-order valence-corrected chi connectivity index (χ1v) is 13.3. The van der Waals surface area contributed by atoms with E-state index in [4.69, 9.17) is 0 Å². The van der Waals surface area contributed by atoms with Crippen LogP contribution in [0.2, 0.25) is 0 Å². The van der Waals surface area contributed by atoms with Crippen molar-refractivity contribution in [3.8, 4) is 11.1 Å². The molecule has 3 aromatic carbocycles. The Morgan fingerprint density at radius 3 is 2.10 bits per heavy atom. The van der Waals surface area contributed by atoms with Crippen LogP contribution < -0.4 is 0 Å². The molecule has 1 N–H and O–H groups in total. The van der Waals surface area contributed by atoms with Gasteiger partial charge in [0.25, 0.3) is 0 Å². The third-order valence-corrected chi connectivity index (χ3v) is 8.24. The molecule has 2 aliphatic heterocycles. The van der Waals surface area contributed by atoms with Gasteiger partial charge in [-0.1, -0.05) is 48.5 Å². The van der Waals surface area contributed by atoms with Gasteiger partial charge < -0.3 is 10.0 Å². The number of amides is 1. The van der Waals surface area contributed by atoms with E-state index in [2.05, 4.69) is 11.0 Å². The highest BCUT2D eigenvalue weighted by atomic mass is 19.4. The second-order valence-corrected chi connectivity index (χ2v) is 11.1. The molecule has 3 unspecified atom stereocenters. The molecule has 2 aliphatic rings. The van der Waals surface area contributed by atoms with Gasteiger partial charge in [-0.15, -0.1) is 0 Å². The molecule has 5 rings (SSSR count). The minimum Gasteiger partial charge on any atom is -0.376 e. The maximum absolute atomic E-state index is 14.1. The molecule has 0 saturated carbocycles. The largest absolute Gasteiger partial charge is 0.421 e. The first-order valence-electron chi connectivity index (χ1n) is 13.3. The zero-order valence-corrected chi connectivity index (χ0v) is 22.3. The lowest BCUT2D eigenvalue weighted by Gasteiger charge is -2.41. The molecule has 212 valence electrons. The number of aryl methyl sites for hydroxylation is 1. The average molecular weight is 559 g/mol. The quantitative estimate of drug-likeness (QED) is 0.371. The molecular weight excluding hydrogens is 527 g/mol. The van der Waals surface area contributed by atoms with Crippen molar-refractivity contribution in [3.05, 3.63) is 94.6 Å². The lowest BCUT2D eigenvalue weighted by Crippen LogP contribution is -2.55. The first kappa shape index (κ1) is 28.2. The van der Waals surface area contributed by atoms with Crippen LogP contribution in [-0.2, 0) is 23.4 Å². The van der Waals surface area contributed by atoms with Crippen LogP contribution in [0.15, 0.2) is 60.7 Å². The van der Waals surface area contributed by atoms with Crippen LogP contribution >= 0.6 is 0 Å². The van der Waals surface area contributed by atoms with Gasteiger partial charge in [0.1, 0.15) is 11.6 Å².